The van der Waals surface area contributed by atoms with Crippen LogP contribution < -0.4 is 9.64 Å². The summed E-state index contributed by atoms with van der Waals surface area (Å²) >= 11 is 0. The van der Waals surface area contributed by atoms with Gasteiger partial charge in [0.1, 0.15) is 24.3 Å². The third-order valence-corrected chi connectivity index (χ3v) is 4.97. The van der Waals surface area contributed by atoms with Gasteiger partial charge in [-0.05, 0) is 48.5 Å². The van der Waals surface area contributed by atoms with E-state index in [4.69, 9.17) is 9.72 Å². The molecular formula is C24H21F3N4O2. The van der Waals surface area contributed by atoms with E-state index in [-0.39, 0.29) is 18.9 Å². The van der Waals surface area contributed by atoms with Crippen LogP contribution in [0.4, 0.5) is 19.0 Å². The van der Waals surface area contributed by atoms with Crippen LogP contribution in [0, 0.1) is 0 Å². The summed E-state index contributed by atoms with van der Waals surface area (Å²) in [6.07, 6.45) is -1.96. The normalized spacial score (nSPS) is 12.5. The van der Waals surface area contributed by atoms with Gasteiger partial charge in [0, 0.05) is 36.9 Å². The Hall–Kier alpha value is -3.72. The molecule has 2 aromatic carbocycles. The van der Waals surface area contributed by atoms with E-state index in [1.54, 1.807) is 30.4 Å². The minimum absolute atomic E-state index is 0.0891. The van der Waals surface area contributed by atoms with Crippen LogP contribution in [0.5, 0.6) is 5.75 Å². The van der Waals surface area contributed by atoms with Crippen molar-refractivity contribution in [3.05, 3.63) is 78.6 Å². The number of aromatic nitrogens is 3. The highest BCUT2D eigenvalue weighted by Crippen LogP contribution is 2.30. The molecule has 1 N–H and O–H groups in total. The molecule has 0 saturated carbocycles. The Balaban J connectivity index is 1.48. The van der Waals surface area contributed by atoms with Gasteiger partial charge in [0.25, 0.3) is 0 Å². The number of aliphatic hydroxyl groups excluding tert-OH is 1. The molecular weight excluding hydrogens is 433 g/mol. The van der Waals surface area contributed by atoms with E-state index in [1.807, 2.05) is 30.3 Å². The number of nitrogens with zero attached hydrogens (tertiary/aromatic N) is 4. The molecule has 0 saturated heterocycles. The zero-order chi connectivity index (χ0) is 23.4. The molecule has 0 aliphatic carbocycles. The van der Waals surface area contributed by atoms with E-state index in [0.717, 1.165) is 28.6 Å². The van der Waals surface area contributed by atoms with Crippen LogP contribution >= 0.6 is 0 Å². The topological polar surface area (TPSA) is 71.4 Å². The van der Waals surface area contributed by atoms with E-state index >= 15 is 0 Å². The highest BCUT2D eigenvalue weighted by molar-refractivity contribution is 5.90. The first kappa shape index (κ1) is 22.5. The fraction of sp³-hybridized carbons (Fsp3) is 0.208. The molecule has 0 radical (unpaired) electrons. The van der Waals surface area contributed by atoms with Crippen LogP contribution in [0.3, 0.4) is 0 Å². The van der Waals surface area contributed by atoms with Crippen molar-refractivity contribution in [1.82, 2.24) is 15.0 Å². The number of pyridine rings is 1. The monoisotopic (exact) mass is 454 g/mol. The number of fused-ring (bicyclic) bond motifs is 1. The van der Waals surface area contributed by atoms with Gasteiger partial charge in [-0.3, -0.25) is 4.98 Å². The van der Waals surface area contributed by atoms with Gasteiger partial charge in [0.2, 0.25) is 0 Å². The number of benzene rings is 2. The molecule has 0 spiro atoms. The number of hydrogen-bond acceptors (Lipinski definition) is 6. The van der Waals surface area contributed by atoms with Crippen molar-refractivity contribution in [2.45, 2.75) is 12.3 Å². The Morgan fingerprint density at radius 1 is 1.00 bits per heavy atom. The second kappa shape index (κ2) is 9.41. The summed E-state index contributed by atoms with van der Waals surface area (Å²) in [5, 5.41) is 11.3. The molecule has 0 amide bonds. The first-order valence-electron chi connectivity index (χ1n) is 10.2. The molecule has 0 aliphatic rings. The fourth-order valence-electron chi connectivity index (χ4n) is 3.36. The molecule has 6 nitrogen and oxygen atoms in total. The molecule has 4 aromatic rings. The molecule has 33 heavy (non-hydrogen) atoms. The zero-order valence-corrected chi connectivity index (χ0v) is 17.7. The summed E-state index contributed by atoms with van der Waals surface area (Å²) in [7, 11) is 1.79. The summed E-state index contributed by atoms with van der Waals surface area (Å²) in [5.74, 6) is 1.39. The standard InChI is InChI=1S/C24H21F3N4O2/c1-31(14-18(32)15-33-19-10-8-17(9-11-19)24(25,26)27)23-20-6-2-3-7-21(20)29-22(30-23)16-5-4-12-28-13-16/h2-13,18,32H,14-15H2,1H3. The number of hydrogen-bond donors (Lipinski definition) is 1. The van der Waals surface area contributed by atoms with Crippen LogP contribution in [0.2, 0.25) is 0 Å². The van der Waals surface area contributed by atoms with Gasteiger partial charge in [0.15, 0.2) is 5.82 Å². The summed E-state index contributed by atoms with van der Waals surface area (Å²) < 4.78 is 43.5. The first-order chi connectivity index (χ1) is 15.8. The number of para-hydroxylation sites is 1. The molecule has 1 atom stereocenters. The SMILES string of the molecule is CN(CC(O)COc1ccc(C(F)(F)F)cc1)c1nc(-c2cccnc2)nc2ccccc12. The molecule has 0 fully saturated rings. The maximum absolute atomic E-state index is 12.7. The van der Waals surface area contributed by atoms with E-state index in [1.165, 1.54) is 12.1 Å². The van der Waals surface area contributed by atoms with Crippen LogP contribution in [-0.2, 0) is 6.18 Å². The molecule has 2 aromatic heterocycles. The third-order valence-electron chi connectivity index (χ3n) is 4.97. The average Bonchev–Trinajstić information content (AvgIpc) is 2.82. The number of likely N-dealkylation sites (N-methyl/N-ethyl adjacent to an activating group) is 1. The van der Waals surface area contributed by atoms with E-state index < -0.39 is 17.8 Å². The summed E-state index contributed by atoms with van der Waals surface area (Å²) in [4.78, 5) is 15.2. The van der Waals surface area contributed by atoms with Crippen molar-refractivity contribution < 1.29 is 23.0 Å². The van der Waals surface area contributed by atoms with Crippen molar-refractivity contribution >= 4 is 16.7 Å². The van der Waals surface area contributed by atoms with Crippen LogP contribution in [0.15, 0.2) is 73.1 Å². The van der Waals surface area contributed by atoms with Crippen molar-refractivity contribution in [3.63, 3.8) is 0 Å². The van der Waals surface area contributed by atoms with Gasteiger partial charge in [-0.2, -0.15) is 13.2 Å². The smallest absolute Gasteiger partial charge is 0.416 e. The number of rotatable bonds is 7. The average molecular weight is 454 g/mol. The predicted octanol–water partition coefficient (Wildman–Crippen LogP) is 4.59. The van der Waals surface area contributed by atoms with E-state index in [9.17, 15) is 18.3 Å². The molecule has 1 unspecified atom stereocenters. The molecule has 2 heterocycles. The van der Waals surface area contributed by atoms with Crippen molar-refractivity contribution in [2.75, 3.05) is 25.1 Å². The summed E-state index contributed by atoms with van der Waals surface area (Å²) in [6, 6.07) is 15.6. The number of aliphatic hydroxyl groups is 1. The van der Waals surface area contributed by atoms with E-state index in [0.29, 0.717) is 11.6 Å². The van der Waals surface area contributed by atoms with Crippen LogP contribution in [0.25, 0.3) is 22.3 Å². The molecule has 0 aliphatic heterocycles. The highest BCUT2D eigenvalue weighted by atomic mass is 19.4. The number of anilines is 1. The highest BCUT2D eigenvalue weighted by Gasteiger charge is 2.30. The van der Waals surface area contributed by atoms with Gasteiger partial charge < -0.3 is 14.7 Å². The fourth-order valence-corrected chi connectivity index (χ4v) is 3.36. The first-order valence-corrected chi connectivity index (χ1v) is 10.2. The Morgan fingerprint density at radius 3 is 2.45 bits per heavy atom. The largest absolute Gasteiger partial charge is 0.491 e. The molecule has 170 valence electrons. The number of ether oxygens (including phenoxy) is 1. The molecule has 0 bridgehead atoms. The van der Waals surface area contributed by atoms with Crippen molar-refractivity contribution in [1.29, 1.82) is 0 Å². The second-order valence-corrected chi connectivity index (χ2v) is 7.50. The lowest BCUT2D eigenvalue weighted by molar-refractivity contribution is -0.137. The summed E-state index contributed by atoms with van der Waals surface area (Å²) in [6.45, 7) is 0.0995. The van der Waals surface area contributed by atoms with Crippen molar-refractivity contribution in [3.8, 4) is 17.1 Å². The zero-order valence-electron chi connectivity index (χ0n) is 17.7. The number of halogens is 3. The Bertz CT molecular complexity index is 1220. The molecule has 9 heteroatoms. The van der Waals surface area contributed by atoms with Gasteiger partial charge in [-0.1, -0.05) is 12.1 Å². The molecule has 4 rings (SSSR count). The Labute approximate surface area is 188 Å². The van der Waals surface area contributed by atoms with E-state index in [2.05, 4.69) is 9.97 Å². The lowest BCUT2D eigenvalue weighted by atomic mass is 10.2. The number of alkyl halides is 3. The Kier molecular flexibility index (Phi) is 6.41. The minimum Gasteiger partial charge on any atom is -0.491 e. The quantitative estimate of drug-likeness (QED) is 0.441. The predicted molar refractivity (Wildman–Crippen MR) is 119 cm³/mol. The second-order valence-electron chi connectivity index (χ2n) is 7.50. The third kappa shape index (κ3) is 5.38. The van der Waals surface area contributed by atoms with Gasteiger partial charge in [0.05, 0.1) is 11.1 Å². The van der Waals surface area contributed by atoms with Crippen LogP contribution in [0.1, 0.15) is 5.56 Å². The minimum atomic E-state index is -4.41. The van der Waals surface area contributed by atoms with Gasteiger partial charge >= 0.3 is 6.18 Å². The lowest BCUT2D eigenvalue weighted by Gasteiger charge is -2.23. The summed E-state index contributed by atoms with van der Waals surface area (Å²) in [5.41, 5.74) is 0.767. The lowest BCUT2D eigenvalue weighted by Crippen LogP contribution is -2.33. The van der Waals surface area contributed by atoms with Crippen molar-refractivity contribution in [2.24, 2.45) is 0 Å². The van der Waals surface area contributed by atoms with Gasteiger partial charge in [-0.25, -0.2) is 9.97 Å². The van der Waals surface area contributed by atoms with Gasteiger partial charge in [-0.15, -0.1) is 0 Å². The Morgan fingerprint density at radius 2 is 1.76 bits per heavy atom. The maximum atomic E-state index is 12.7. The maximum Gasteiger partial charge on any atom is 0.416 e. The van der Waals surface area contributed by atoms with Crippen LogP contribution in [-0.4, -0.2) is 46.4 Å².